The molecule has 7 heteroatoms. The van der Waals surface area contributed by atoms with Gasteiger partial charge in [0.05, 0.1) is 12.7 Å². The lowest BCUT2D eigenvalue weighted by Gasteiger charge is -2.24. The van der Waals surface area contributed by atoms with Crippen molar-refractivity contribution in [3.8, 4) is 0 Å². The number of carbonyl (C=O) groups excluding carboxylic acids is 2. The van der Waals surface area contributed by atoms with Crippen LogP contribution in [0.1, 0.15) is 21.3 Å². The first-order valence-corrected chi connectivity index (χ1v) is 7.90. The summed E-state index contributed by atoms with van der Waals surface area (Å²) in [5.41, 5.74) is 1.54. The number of ether oxygens (including phenoxy) is 1. The third-order valence-corrected chi connectivity index (χ3v) is 5.55. The highest BCUT2D eigenvalue weighted by molar-refractivity contribution is 7.99. The van der Waals surface area contributed by atoms with E-state index in [1.54, 1.807) is 30.9 Å². The van der Waals surface area contributed by atoms with E-state index >= 15 is 0 Å². The summed E-state index contributed by atoms with van der Waals surface area (Å²) in [5.74, 6) is 0.429. The van der Waals surface area contributed by atoms with E-state index in [2.05, 4.69) is 4.74 Å². The molecule has 2 aliphatic heterocycles. The maximum atomic E-state index is 12.1. The molecule has 2 heterocycles. The molecule has 0 spiro atoms. The van der Waals surface area contributed by atoms with Crippen LogP contribution in [0.2, 0.25) is 0 Å². The fourth-order valence-electron chi connectivity index (χ4n) is 2.58. The van der Waals surface area contributed by atoms with Gasteiger partial charge in [0.15, 0.2) is 5.11 Å². The molecule has 21 heavy (non-hydrogen) atoms. The first-order chi connectivity index (χ1) is 10.0. The first-order valence-electron chi connectivity index (χ1n) is 6.44. The Morgan fingerprint density at radius 3 is 2.67 bits per heavy atom. The molecule has 2 aliphatic rings. The van der Waals surface area contributed by atoms with Gasteiger partial charge in [-0.3, -0.25) is 9.69 Å². The summed E-state index contributed by atoms with van der Waals surface area (Å²) in [6, 6.07) is 7.08. The number of benzene rings is 1. The van der Waals surface area contributed by atoms with Gasteiger partial charge in [0.25, 0.3) is 5.91 Å². The summed E-state index contributed by atoms with van der Waals surface area (Å²) >= 11 is 7.06. The predicted molar refractivity (Wildman–Crippen MR) is 84.0 cm³/mol. The first kappa shape index (κ1) is 14.3. The Bertz CT molecular complexity index is 617. The topological polar surface area (TPSA) is 49.9 Å². The van der Waals surface area contributed by atoms with Crippen molar-refractivity contribution in [2.24, 2.45) is 0 Å². The summed E-state index contributed by atoms with van der Waals surface area (Å²) in [6.45, 7) is 0. The summed E-state index contributed by atoms with van der Waals surface area (Å²) in [6.07, 6.45) is 0. The highest BCUT2D eigenvalue weighted by atomic mass is 32.2. The molecular formula is C14H14N2O3S2. The fraction of sp³-hybridized carbons (Fsp3) is 0.357. The van der Waals surface area contributed by atoms with Crippen LogP contribution in [0.15, 0.2) is 24.3 Å². The van der Waals surface area contributed by atoms with Gasteiger partial charge in [0.1, 0.15) is 11.4 Å². The molecule has 5 nitrogen and oxygen atoms in total. The molecule has 0 aliphatic carbocycles. The Morgan fingerprint density at radius 1 is 1.38 bits per heavy atom. The maximum absolute atomic E-state index is 12.1. The molecule has 0 aromatic heterocycles. The van der Waals surface area contributed by atoms with E-state index < -0.39 is 0 Å². The van der Waals surface area contributed by atoms with Crippen LogP contribution in [-0.4, -0.2) is 52.7 Å². The molecule has 110 valence electrons. The lowest BCUT2D eigenvalue weighted by molar-refractivity contribution is -0.126. The predicted octanol–water partition coefficient (Wildman–Crippen LogP) is 1.65. The Labute approximate surface area is 132 Å². The second kappa shape index (κ2) is 5.31. The standard InChI is InChI=1S/C14H14N2O3S2/c1-15-11(17)10-7-21-12(16(10)14(15)20)8-3-5-9(6-4-8)13(18)19-2/h3-6,10,12H,7H2,1-2H3/t10-,12?/m0/s1. The van der Waals surface area contributed by atoms with Crippen LogP contribution in [0.4, 0.5) is 0 Å². The van der Waals surface area contributed by atoms with Crippen LogP contribution in [0.5, 0.6) is 0 Å². The molecule has 3 rings (SSSR count). The normalized spacial score (nSPS) is 24.5. The number of hydrogen-bond acceptors (Lipinski definition) is 5. The smallest absolute Gasteiger partial charge is 0.337 e. The van der Waals surface area contributed by atoms with Gasteiger partial charge in [0, 0.05) is 12.8 Å². The van der Waals surface area contributed by atoms with E-state index in [1.165, 1.54) is 12.0 Å². The van der Waals surface area contributed by atoms with Gasteiger partial charge >= 0.3 is 5.97 Å². The molecule has 0 radical (unpaired) electrons. The number of thioether (sulfide) groups is 1. The van der Waals surface area contributed by atoms with Crippen LogP contribution in [0, 0.1) is 0 Å². The van der Waals surface area contributed by atoms with Gasteiger partial charge in [-0.25, -0.2) is 4.79 Å². The second-order valence-electron chi connectivity index (χ2n) is 4.90. The van der Waals surface area contributed by atoms with Gasteiger partial charge in [-0.15, -0.1) is 11.8 Å². The molecule has 1 unspecified atom stereocenters. The van der Waals surface area contributed by atoms with Crippen molar-refractivity contribution in [3.63, 3.8) is 0 Å². The number of rotatable bonds is 2. The van der Waals surface area contributed by atoms with Crippen LogP contribution >= 0.6 is 24.0 Å². The highest BCUT2D eigenvalue weighted by Crippen LogP contribution is 2.44. The summed E-state index contributed by atoms with van der Waals surface area (Å²) in [5, 5.41) is 0.583. The van der Waals surface area contributed by atoms with Gasteiger partial charge in [-0.2, -0.15) is 0 Å². The van der Waals surface area contributed by atoms with Crippen LogP contribution in [-0.2, 0) is 9.53 Å². The third-order valence-electron chi connectivity index (χ3n) is 3.74. The van der Waals surface area contributed by atoms with Crippen LogP contribution in [0.25, 0.3) is 0 Å². The van der Waals surface area contributed by atoms with Gasteiger partial charge < -0.3 is 9.64 Å². The number of esters is 1. The van der Waals surface area contributed by atoms with E-state index in [0.29, 0.717) is 10.7 Å². The van der Waals surface area contributed by atoms with Crippen molar-refractivity contribution in [3.05, 3.63) is 35.4 Å². The molecule has 1 aromatic carbocycles. The van der Waals surface area contributed by atoms with Crippen molar-refractivity contribution in [2.45, 2.75) is 11.4 Å². The Kier molecular flexibility index (Phi) is 3.62. The third kappa shape index (κ3) is 2.20. The maximum Gasteiger partial charge on any atom is 0.337 e. The average Bonchev–Trinajstić information content (AvgIpc) is 3.04. The minimum absolute atomic E-state index is 0.0168. The zero-order valence-corrected chi connectivity index (χ0v) is 13.2. The minimum atomic E-state index is -0.356. The lowest BCUT2D eigenvalue weighted by atomic mass is 10.1. The SMILES string of the molecule is COC(=O)c1ccc(C2SC[C@H]3C(=O)N(C)C(=S)N23)cc1. The molecule has 1 amide bonds. The molecule has 2 fully saturated rings. The lowest BCUT2D eigenvalue weighted by Crippen LogP contribution is -2.32. The summed E-state index contributed by atoms with van der Waals surface area (Å²) in [4.78, 5) is 27.1. The summed E-state index contributed by atoms with van der Waals surface area (Å²) in [7, 11) is 3.07. The minimum Gasteiger partial charge on any atom is -0.465 e. The molecule has 0 N–H and O–H groups in total. The number of carbonyl (C=O) groups is 2. The Balaban J connectivity index is 1.86. The van der Waals surface area contributed by atoms with E-state index in [-0.39, 0.29) is 23.3 Å². The van der Waals surface area contributed by atoms with Crippen molar-refractivity contribution in [2.75, 3.05) is 19.9 Å². The van der Waals surface area contributed by atoms with Crippen LogP contribution < -0.4 is 0 Å². The largest absolute Gasteiger partial charge is 0.465 e. The molecular weight excluding hydrogens is 308 g/mol. The Morgan fingerprint density at radius 2 is 2.05 bits per heavy atom. The van der Waals surface area contributed by atoms with E-state index in [0.717, 1.165) is 11.3 Å². The van der Waals surface area contributed by atoms with Crippen LogP contribution in [0.3, 0.4) is 0 Å². The van der Waals surface area contributed by atoms with Gasteiger partial charge in [-0.1, -0.05) is 12.1 Å². The van der Waals surface area contributed by atoms with Crippen molar-refractivity contribution >= 4 is 41.0 Å². The number of likely N-dealkylation sites (N-methyl/N-ethyl adjacent to an activating group) is 1. The molecule has 0 saturated carbocycles. The fourth-order valence-corrected chi connectivity index (χ4v) is 4.39. The Hall–Kier alpha value is -1.60. The number of amides is 1. The van der Waals surface area contributed by atoms with Crippen molar-refractivity contribution < 1.29 is 14.3 Å². The number of methoxy groups -OCH3 is 1. The van der Waals surface area contributed by atoms with E-state index in [9.17, 15) is 9.59 Å². The number of fused-ring (bicyclic) bond motifs is 1. The molecule has 1 aromatic rings. The monoisotopic (exact) mass is 322 g/mol. The van der Waals surface area contributed by atoms with Gasteiger partial charge in [-0.05, 0) is 29.9 Å². The zero-order valence-electron chi connectivity index (χ0n) is 11.6. The quantitative estimate of drug-likeness (QED) is 0.609. The number of nitrogens with zero attached hydrogens (tertiary/aromatic N) is 2. The number of thiocarbonyl (C=S) groups is 1. The molecule has 2 saturated heterocycles. The number of hydrogen-bond donors (Lipinski definition) is 0. The van der Waals surface area contributed by atoms with Crippen molar-refractivity contribution in [1.29, 1.82) is 0 Å². The van der Waals surface area contributed by atoms with Crippen molar-refractivity contribution in [1.82, 2.24) is 9.80 Å². The van der Waals surface area contributed by atoms with Gasteiger partial charge in [0.2, 0.25) is 0 Å². The van der Waals surface area contributed by atoms with E-state index in [4.69, 9.17) is 12.2 Å². The van der Waals surface area contributed by atoms with E-state index in [1.807, 2.05) is 17.0 Å². The highest BCUT2D eigenvalue weighted by Gasteiger charge is 2.48. The molecule has 0 bridgehead atoms. The zero-order chi connectivity index (χ0) is 15.1. The second-order valence-corrected chi connectivity index (χ2v) is 6.38. The molecule has 2 atom stereocenters. The average molecular weight is 322 g/mol. The summed E-state index contributed by atoms with van der Waals surface area (Å²) < 4.78 is 4.69.